The van der Waals surface area contributed by atoms with Gasteiger partial charge < -0.3 is 30.2 Å². The lowest BCUT2D eigenvalue weighted by molar-refractivity contribution is -0.139. The van der Waals surface area contributed by atoms with Crippen molar-refractivity contribution in [3.05, 3.63) is 40.0 Å². The molecule has 156 valence electrons. The van der Waals surface area contributed by atoms with Crippen molar-refractivity contribution in [1.29, 1.82) is 10.5 Å². The summed E-state index contributed by atoms with van der Waals surface area (Å²) in [5.41, 5.74) is 6.91. The van der Waals surface area contributed by atoms with E-state index in [-0.39, 0.29) is 21.6 Å². The second-order valence-electron chi connectivity index (χ2n) is 6.34. The van der Waals surface area contributed by atoms with E-state index in [9.17, 15) is 15.3 Å². The Hall–Kier alpha value is -3.44. The van der Waals surface area contributed by atoms with Crippen molar-refractivity contribution < 1.29 is 19.4 Å². The minimum absolute atomic E-state index is 0.0812. The smallest absolute Gasteiger partial charge is 0.341 e. The third-order valence-corrected chi connectivity index (χ3v) is 4.51. The number of carbonyl (C=O) groups is 1. The summed E-state index contributed by atoms with van der Waals surface area (Å²) in [6, 6.07) is 10.2. The summed E-state index contributed by atoms with van der Waals surface area (Å²) in [6.45, 7) is 3.56. The summed E-state index contributed by atoms with van der Waals surface area (Å²) in [4.78, 5) is 15.4. The van der Waals surface area contributed by atoms with Crippen LogP contribution in [0.2, 0.25) is 0 Å². The van der Waals surface area contributed by atoms with Crippen molar-refractivity contribution in [2.45, 2.75) is 0 Å². The van der Waals surface area contributed by atoms with E-state index in [1.807, 2.05) is 12.1 Å². The summed E-state index contributed by atoms with van der Waals surface area (Å²) >= 11 is 5.07. The van der Waals surface area contributed by atoms with Gasteiger partial charge in [-0.3, -0.25) is 0 Å². The van der Waals surface area contributed by atoms with Gasteiger partial charge in [0.15, 0.2) is 6.61 Å². The largest absolute Gasteiger partial charge is 0.482 e. The SMILES string of the molecule is CN1CCOCC1.N#Cc1c(N)[nH]c(=S)c(C#N)c1-c1ccc(OCC(=O)O)cc1. The molecular weight excluding hydrogens is 406 g/mol. The third-order valence-electron chi connectivity index (χ3n) is 4.21. The fourth-order valence-electron chi connectivity index (χ4n) is 2.65. The molecule has 1 aromatic heterocycles. The van der Waals surface area contributed by atoms with Gasteiger partial charge in [0.05, 0.1) is 18.8 Å². The molecule has 2 aromatic rings. The summed E-state index contributed by atoms with van der Waals surface area (Å²) in [7, 11) is 2.11. The van der Waals surface area contributed by atoms with Crippen LogP contribution in [-0.4, -0.2) is 60.9 Å². The summed E-state index contributed by atoms with van der Waals surface area (Å²) in [5.74, 6) is -0.658. The van der Waals surface area contributed by atoms with E-state index in [0.29, 0.717) is 16.9 Å². The predicted molar refractivity (Wildman–Crippen MR) is 112 cm³/mol. The number of aromatic amines is 1. The van der Waals surface area contributed by atoms with E-state index in [1.54, 1.807) is 12.1 Å². The Morgan fingerprint density at radius 3 is 2.33 bits per heavy atom. The molecule has 0 saturated carbocycles. The van der Waals surface area contributed by atoms with Gasteiger partial charge in [0.1, 0.15) is 33.9 Å². The van der Waals surface area contributed by atoms with Crippen LogP contribution < -0.4 is 10.5 Å². The molecule has 1 aliphatic heterocycles. The minimum Gasteiger partial charge on any atom is -0.482 e. The molecule has 1 aromatic carbocycles. The molecule has 4 N–H and O–H groups in total. The highest BCUT2D eigenvalue weighted by atomic mass is 32.1. The van der Waals surface area contributed by atoms with Crippen LogP contribution in [-0.2, 0) is 9.53 Å². The number of benzene rings is 1. The summed E-state index contributed by atoms with van der Waals surface area (Å²) in [6.07, 6.45) is 0. The zero-order valence-electron chi connectivity index (χ0n) is 16.3. The maximum absolute atomic E-state index is 10.5. The molecule has 30 heavy (non-hydrogen) atoms. The number of hydrogen-bond acceptors (Lipinski definition) is 8. The number of nitrogens with zero attached hydrogens (tertiary/aromatic N) is 3. The topological polar surface area (TPSA) is 148 Å². The maximum atomic E-state index is 10.5. The van der Waals surface area contributed by atoms with Crippen molar-refractivity contribution in [2.24, 2.45) is 0 Å². The molecule has 0 bridgehead atoms. The van der Waals surface area contributed by atoms with Crippen LogP contribution >= 0.6 is 12.2 Å². The number of H-pyrrole nitrogens is 1. The molecule has 1 saturated heterocycles. The average molecular weight is 427 g/mol. The highest BCUT2D eigenvalue weighted by molar-refractivity contribution is 7.71. The molecule has 1 aliphatic rings. The number of morpholine rings is 1. The number of aromatic nitrogens is 1. The zero-order valence-corrected chi connectivity index (χ0v) is 17.2. The fourth-order valence-corrected chi connectivity index (χ4v) is 2.91. The normalized spacial score (nSPS) is 13.3. The first-order chi connectivity index (χ1) is 14.4. The van der Waals surface area contributed by atoms with Crippen LogP contribution in [0.5, 0.6) is 5.75 Å². The van der Waals surface area contributed by atoms with E-state index in [2.05, 4.69) is 16.9 Å². The standard InChI is InChI=1S/C15H10N4O3S.C5H11NO/c16-5-10-13(11(6-17)15(23)19-14(10)18)8-1-3-9(4-2-8)22-7-12(20)21;1-6-2-4-7-5-3-6/h1-4H,7H2,(H,20,21)(H3,18,19,23);2-5H2,1H3. The lowest BCUT2D eigenvalue weighted by Crippen LogP contribution is -2.32. The number of anilines is 1. The van der Waals surface area contributed by atoms with Crippen LogP contribution in [0, 0.1) is 27.3 Å². The van der Waals surface area contributed by atoms with E-state index < -0.39 is 12.6 Å². The monoisotopic (exact) mass is 427 g/mol. The maximum Gasteiger partial charge on any atom is 0.341 e. The van der Waals surface area contributed by atoms with E-state index in [0.717, 1.165) is 26.3 Å². The predicted octanol–water partition coefficient (Wildman–Crippen LogP) is 2.15. The fraction of sp³-hybridized carbons (Fsp3) is 0.300. The average Bonchev–Trinajstić information content (AvgIpc) is 2.73. The Bertz CT molecular complexity index is 1030. The third kappa shape index (κ3) is 6.03. The Labute approximate surface area is 178 Å². The number of rotatable bonds is 4. The van der Waals surface area contributed by atoms with Gasteiger partial charge in [0.2, 0.25) is 0 Å². The number of pyridine rings is 1. The first kappa shape index (κ1) is 22.8. The number of hydrogen-bond donors (Lipinski definition) is 3. The van der Waals surface area contributed by atoms with Crippen LogP contribution in [0.15, 0.2) is 24.3 Å². The van der Waals surface area contributed by atoms with E-state index in [1.165, 1.54) is 12.1 Å². The molecule has 2 heterocycles. The second-order valence-corrected chi connectivity index (χ2v) is 6.75. The first-order valence-electron chi connectivity index (χ1n) is 8.94. The van der Waals surface area contributed by atoms with Crippen LogP contribution in [0.3, 0.4) is 0 Å². The number of nitriles is 2. The van der Waals surface area contributed by atoms with Gasteiger partial charge in [-0.15, -0.1) is 0 Å². The molecule has 0 radical (unpaired) electrons. The second kappa shape index (κ2) is 10.9. The van der Waals surface area contributed by atoms with Gasteiger partial charge in [-0.1, -0.05) is 24.4 Å². The van der Waals surface area contributed by atoms with Gasteiger partial charge in [-0.05, 0) is 24.7 Å². The zero-order chi connectivity index (χ0) is 22.1. The van der Waals surface area contributed by atoms with Crippen molar-refractivity contribution in [1.82, 2.24) is 9.88 Å². The van der Waals surface area contributed by atoms with Crippen LogP contribution in [0.4, 0.5) is 5.82 Å². The highest BCUT2D eigenvalue weighted by Crippen LogP contribution is 2.31. The van der Waals surface area contributed by atoms with Gasteiger partial charge in [-0.25, -0.2) is 4.79 Å². The van der Waals surface area contributed by atoms with Crippen molar-refractivity contribution in [3.63, 3.8) is 0 Å². The molecule has 0 atom stereocenters. The molecule has 10 heteroatoms. The van der Waals surface area contributed by atoms with Crippen molar-refractivity contribution >= 4 is 24.0 Å². The number of aliphatic carboxylic acids is 1. The summed E-state index contributed by atoms with van der Waals surface area (Å²) in [5, 5.41) is 27.2. The first-order valence-corrected chi connectivity index (χ1v) is 9.35. The van der Waals surface area contributed by atoms with E-state index >= 15 is 0 Å². The number of ether oxygens (including phenoxy) is 2. The number of carboxylic acid groups (broad SMARTS) is 1. The van der Waals surface area contributed by atoms with Gasteiger partial charge in [0.25, 0.3) is 0 Å². The van der Waals surface area contributed by atoms with Crippen LogP contribution in [0.25, 0.3) is 11.1 Å². The Balaban J connectivity index is 0.000000386. The number of likely N-dealkylation sites (N-methyl/N-ethyl adjacent to an activating group) is 1. The molecular formula is C20H21N5O4S. The molecule has 1 fully saturated rings. The van der Waals surface area contributed by atoms with Crippen molar-refractivity contribution in [3.8, 4) is 29.0 Å². The molecule has 0 aliphatic carbocycles. The lowest BCUT2D eigenvalue weighted by Gasteiger charge is -2.21. The number of nitrogens with two attached hydrogens (primary N) is 1. The Kier molecular flexibility index (Phi) is 8.32. The van der Waals surface area contributed by atoms with Gasteiger partial charge in [-0.2, -0.15) is 10.5 Å². The highest BCUT2D eigenvalue weighted by Gasteiger charge is 2.16. The van der Waals surface area contributed by atoms with Gasteiger partial charge in [0, 0.05) is 18.7 Å². The molecule has 0 amide bonds. The minimum atomic E-state index is -1.09. The molecule has 3 rings (SSSR count). The van der Waals surface area contributed by atoms with E-state index in [4.69, 9.17) is 32.5 Å². The molecule has 0 unspecified atom stereocenters. The Morgan fingerprint density at radius 1 is 1.27 bits per heavy atom. The summed E-state index contributed by atoms with van der Waals surface area (Å²) < 4.78 is 10.3. The molecule has 0 spiro atoms. The number of nitrogens with one attached hydrogen (secondary N) is 1. The lowest BCUT2D eigenvalue weighted by atomic mass is 9.97. The van der Waals surface area contributed by atoms with Gasteiger partial charge >= 0.3 is 5.97 Å². The van der Waals surface area contributed by atoms with Crippen LogP contribution in [0.1, 0.15) is 11.1 Å². The quantitative estimate of drug-likeness (QED) is 0.624. The van der Waals surface area contributed by atoms with Crippen molar-refractivity contribution in [2.75, 3.05) is 45.7 Å². The number of nitrogen functional groups attached to an aromatic ring is 1. The molecule has 9 nitrogen and oxygen atoms in total. The number of carboxylic acids is 1. The Morgan fingerprint density at radius 2 is 1.87 bits per heavy atom.